The molecule has 0 fully saturated rings. The number of pyridine rings is 1. The van der Waals surface area contributed by atoms with Gasteiger partial charge in [-0.1, -0.05) is 23.7 Å². The van der Waals surface area contributed by atoms with Crippen molar-refractivity contribution >= 4 is 23.1 Å². The number of aromatic nitrogens is 1. The summed E-state index contributed by atoms with van der Waals surface area (Å²) in [6.45, 7) is 2.14. The molecule has 1 N–H and O–H groups in total. The molecule has 2 aromatic rings. The topological polar surface area (TPSA) is 68.1 Å². The van der Waals surface area contributed by atoms with Gasteiger partial charge in [0, 0.05) is 23.3 Å². The first-order chi connectivity index (χ1) is 9.08. The molecular formula is C13H12ClN3O2. The van der Waals surface area contributed by atoms with Crippen molar-refractivity contribution in [3.05, 3.63) is 62.8 Å². The zero-order valence-corrected chi connectivity index (χ0v) is 11.0. The highest BCUT2D eigenvalue weighted by Gasteiger charge is 2.17. The van der Waals surface area contributed by atoms with Gasteiger partial charge in [0.25, 0.3) is 0 Å². The van der Waals surface area contributed by atoms with Crippen LogP contribution in [0.1, 0.15) is 11.1 Å². The number of hydrogen-bond donors (Lipinski definition) is 1. The molecule has 0 unspecified atom stereocenters. The lowest BCUT2D eigenvalue weighted by molar-refractivity contribution is -0.384. The lowest BCUT2D eigenvalue weighted by Crippen LogP contribution is -2.05. The van der Waals surface area contributed by atoms with Crippen molar-refractivity contribution in [2.45, 2.75) is 13.5 Å². The fourth-order valence-corrected chi connectivity index (χ4v) is 1.82. The van der Waals surface area contributed by atoms with Crippen LogP contribution in [-0.4, -0.2) is 9.91 Å². The average Bonchev–Trinajstić information content (AvgIpc) is 2.37. The first-order valence-electron chi connectivity index (χ1n) is 5.66. The lowest BCUT2D eigenvalue weighted by atomic mass is 10.2. The van der Waals surface area contributed by atoms with Crippen molar-refractivity contribution in [1.82, 2.24) is 4.98 Å². The molecule has 0 bridgehead atoms. The Bertz CT molecular complexity index is 599. The van der Waals surface area contributed by atoms with Crippen LogP contribution in [0.3, 0.4) is 0 Å². The number of nitro groups is 1. The standard InChI is InChI=1S/C13H12ClN3O2/c1-9-6-7-15-13(12(9)17(18)19)16-8-10-2-4-11(14)5-3-10/h2-7H,8H2,1H3,(H,15,16). The summed E-state index contributed by atoms with van der Waals surface area (Å²) in [5.74, 6) is 0.278. The van der Waals surface area contributed by atoms with Crippen LogP contribution >= 0.6 is 11.6 Å². The van der Waals surface area contributed by atoms with Gasteiger partial charge in [0.1, 0.15) is 0 Å². The van der Waals surface area contributed by atoms with E-state index in [1.165, 1.54) is 0 Å². The van der Waals surface area contributed by atoms with Gasteiger partial charge in [0.2, 0.25) is 5.82 Å². The van der Waals surface area contributed by atoms with Crippen LogP contribution < -0.4 is 5.32 Å². The molecule has 6 heteroatoms. The minimum atomic E-state index is -0.424. The van der Waals surface area contributed by atoms with Crippen molar-refractivity contribution in [3.63, 3.8) is 0 Å². The molecule has 0 saturated heterocycles. The van der Waals surface area contributed by atoms with E-state index in [0.717, 1.165) is 5.56 Å². The third kappa shape index (κ3) is 3.20. The van der Waals surface area contributed by atoms with Crippen LogP contribution in [0.2, 0.25) is 5.02 Å². The molecule has 5 nitrogen and oxygen atoms in total. The molecule has 0 aliphatic rings. The second-order valence-corrected chi connectivity index (χ2v) is 4.50. The molecule has 0 atom stereocenters. The third-order valence-electron chi connectivity index (χ3n) is 2.68. The van der Waals surface area contributed by atoms with Crippen LogP contribution in [-0.2, 0) is 6.54 Å². The van der Waals surface area contributed by atoms with Crippen molar-refractivity contribution in [3.8, 4) is 0 Å². The Morgan fingerprint density at radius 1 is 1.32 bits per heavy atom. The van der Waals surface area contributed by atoms with E-state index in [-0.39, 0.29) is 11.5 Å². The normalized spacial score (nSPS) is 10.2. The lowest BCUT2D eigenvalue weighted by Gasteiger charge is -2.07. The predicted molar refractivity (Wildman–Crippen MR) is 74.4 cm³/mol. The van der Waals surface area contributed by atoms with E-state index in [1.54, 1.807) is 31.3 Å². The van der Waals surface area contributed by atoms with Gasteiger partial charge in [-0.2, -0.15) is 0 Å². The second-order valence-electron chi connectivity index (χ2n) is 4.06. The molecule has 2 rings (SSSR count). The van der Waals surface area contributed by atoms with E-state index < -0.39 is 4.92 Å². The SMILES string of the molecule is Cc1ccnc(NCc2ccc(Cl)cc2)c1[N+](=O)[O-]. The number of hydrogen-bond acceptors (Lipinski definition) is 4. The highest BCUT2D eigenvalue weighted by Crippen LogP contribution is 2.25. The molecule has 0 amide bonds. The number of aryl methyl sites for hydroxylation is 1. The highest BCUT2D eigenvalue weighted by atomic mass is 35.5. The van der Waals surface area contributed by atoms with Gasteiger partial charge in [0.15, 0.2) is 0 Å². The fraction of sp³-hybridized carbons (Fsp3) is 0.154. The predicted octanol–water partition coefficient (Wildman–Crippen LogP) is 3.56. The summed E-state index contributed by atoms with van der Waals surface area (Å²) in [5, 5.41) is 14.6. The summed E-state index contributed by atoms with van der Waals surface area (Å²) >= 11 is 5.79. The number of benzene rings is 1. The van der Waals surface area contributed by atoms with Crippen molar-refractivity contribution in [2.75, 3.05) is 5.32 Å². The summed E-state index contributed by atoms with van der Waals surface area (Å²) in [5.41, 5.74) is 1.57. The summed E-state index contributed by atoms with van der Waals surface area (Å²) in [4.78, 5) is 14.6. The van der Waals surface area contributed by atoms with Gasteiger partial charge in [0.05, 0.1) is 4.92 Å². The van der Waals surface area contributed by atoms with Crippen LogP contribution in [0, 0.1) is 17.0 Å². The first kappa shape index (κ1) is 13.3. The van der Waals surface area contributed by atoms with E-state index in [1.807, 2.05) is 12.1 Å². The molecule has 0 aliphatic heterocycles. The minimum Gasteiger partial charge on any atom is -0.360 e. The average molecular weight is 278 g/mol. The quantitative estimate of drug-likeness (QED) is 0.685. The van der Waals surface area contributed by atoms with E-state index in [2.05, 4.69) is 10.3 Å². The molecule has 98 valence electrons. The molecule has 0 radical (unpaired) electrons. The van der Waals surface area contributed by atoms with Crippen LogP contribution in [0.5, 0.6) is 0 Å². The van der Waals surface area contributed by atoms with E-state index in [0.29, 0.717) is 17.1 Å². The van der Waals surface area contributed by atoms with Crippen molar-refractivity contribution in [1.29, 1.82) is 0 Å². The van der Waals surface area contributed by atoms with Crippen molar-refractivity contribution < 1.29 is 4.92 Å². The van der Waals surface area contributed by atoms with Gasteiger partial charge < -0.3 is 5.32 Å². The summed E-state index contributed by atoms with van der Waals surface area (Å²) in [7, 11) is 0. The molecule has 0 saturated carbocycles. The Morgan fingerprint density at radius 2 is 2.00 bits per heavy atom. The Hall–Kier alpha value is -2.14. The zero-order chi connectivity index (χ0) is 13.8. The van der Waals surface area contributed by atoms with Crippen LogP contribution in [0.4, 0.5) is 11.5 Å². The Kier molecular flexibility index (Phi) is 3.97. The summed E-state index contributed by atoms with van der Waals surface area (Å²) < 4.78 is 0. The van der Waals surface area contributed by atoms with E-state index in [9.17, 15) is 10.1 Å². The molecule has 1 heterocycles. The minimum absolute atomic E-state index is 0.0106. The van der Waals surface area contributed by atoms with Gasteiger partial charge in [-0.3, -0.25) is 10.1 Å². The molecule has 1 aromatic carbocycles. The smallest absolute Gasteiger partial charge is 0.314 e. The second kappa shape index (κ2) is 5.67. The maximum atomic E-state index is 11.0. The Morgan fingerprint density at radius 3 is 2.63 bits per heavy atom. The summed E-state index contributed by atoms with van der Waals surface area (Å²) in [6.07, 6.45) is 1.55. The van der Waals surface area contributed by atoms with Gasteiger partial charge in [-0.05, 0) is 30.7 Å². The number of nitrogens with zero attached hydrogens (tertiary/aromatic N) is 2. The number of halogens is 1. The summed E-state index contributed by atoms with van der Waals surface area (Å²) in [6, 6.07) is 8.88. The largest absolute Gasteiger partial charge is 0.360 e. The highest BCUT2D eigenvalue weighted by molar-refractivity contribution is 6.30. The van der Waals surface area contributed by atoms with Crippen LogP contribution in [0.25, 0.3) is 0 Å². The van der Waals surface area contributed by atoms with Crippen molar-refractivity contribution in [2.24, 2.45) is 0 Å². The number of anilines is 1. The molecule has 0 aliphatic carbocycles. The van der Waals surface area contributed by atoms with Crippen LogP contribution in [0.15, 0.2) is 36.5 Å². The Balaban J connectivity index is 2.18. The van der Waals surface area contributed by atoms with Gasteiger partial charge >= 0.3 is 5.69 Å². The molecule has 0 spiro atoms. The van der Waals surface area contributed by atoms with E-state index >= 15 is 0 Å². The third-order valence-corrected chi connectivity index (χ3v) is 2.93. The molecule has 19 heavy (non-hydrogen) atoms. The maximum Gasteiger partial charge on any atom is 0.314 e. The Labute approximate surface area is 115 Å². The first-order valence-corrected chi connectivity index (χ1v) is 6.04. The number of rotatable bonds is 4. The van der Waals surface area contributed by atoms with E-state index in [4.69, 9.17) is 11.6 Å². The maximum absolute atomic E-state index is 11.0. The monoisotopic (exact) mass is 277 g/mol. The number of nitrogens with one attached hydrogen (secondary N) is 1. The van der Waals surface area contributed by atoms with Gasteiger partial charge in [-0.15, -0.1) is 0 Å². The fourth-order valence-electron chi connectivity index (χ4n) is 1.70. The molecular weight excluding hydrogens is 266 g/mol. The zero-order valence-electron chi connectivity index (χ0n) is 10.3. The molecule has 1 aromatic heterocycles. The van der Waals surface area contributed by atoms with Gasteiger partial charge in [-0.25, -0.2) is 4.98 Å².